The van der Waals surface area contributed by atoms with Gasteiger partial charge in [-0.25, -0.2) is 0 Å². The van der Waals surface area contributed by atoms with Crippen molar-refractivity contribution in [1.82, 2.24) is 0 Å². The molecule has 0 aromatic heterocycles. The minimum Gasteiger partial charge on any atom is -0.492 e. The first kappa shape index (κ1) is 13.4. The lowest BCUT2D eigenvalue weighted by Crippen LogP contribution is -2.37. The van der Waals surface area contributed by atoms with Crippen LogP contribution in [0.5, 0.6) is 5.75 Å². The average molecular weight is 247 g/mol. The maximum atomic E-state index is 6.26. The van der Waals surface area contributed by atoms with Gasteiger partial charge in [-0.3, -0.25) is 0 Å². The zero-order chi connectivity index (χ0) is 12.8. The van der Waals surface area contributed by atoms with Crippen LogP contribution >= 0.6 is 0 Å². The molecule has 1 unspecified atom stereocenters. The van der Waals surface area contributed by atoms with E-state index >= 15 is 0 Å². The number of ether oxygens (including phenoxy) is 1. The van der Waals surface area contributed by atoms with Crippen molar-refractivity contribution in [2.75, 3.05) is 6.61 Å². The van der Waals surface area contributed by atoms with Gasteiger partial charge in [0.2, 0.25) is 0 Å². The Kier molecular flexibility index (Phi) is 5.06. The van der Waals surface area contributed by atoms with Crippen molar-refractivity contribution in [1.29, 1.82) is 0 Å². The van der Waals surface area contributed by atoms with Crippen LogP contribution in [0.2, 0.25) is 0 Å². The lowest BCUT2D eigenvalue weighted by atomic mass is 9.84. The maximum Gasteiger partial charge on any atom is 0.122 e. The summed E-state index contributed by atoms with van der Waals surface area (Å²) in [5.41, 5.74) is 7.53. The number of nitrogens with two attached hydrogens (primary N) is 1. The van der Waals surface area contributed by atoms with Crippen LogP contribution in [0.3, 0.4) is 0 Å². The molecule has 100 valence electrons. The van der Waals surface area contributed by atoms with Crippen LogP contribution in [0.25, 0.3) is 0 Å². The van der Waals surface area contributed by atoms with Gasteiger partial charge >= 0.3 is 0 Å². The Bertz CT molecular complexity index is 358. The molecule has 0 heterocycles. The van der Waals surface area contributed by atoms with Crippen molar-refractivity contribution >= 4 is 0 Å². The van der Waals surface area contributed by atoms with Gasteiger partial charge in [0.15, 0.2) is 0 Å². The molecule has 0 amide bonds. The summed E-state index contributed by atoms with van der Waals surface area (Å²) in [6.45, 7) is 2.81. The molecule has 1 aromatic rings. The van der Waals surface area contributed by atoms with Crippen molar-refractivity contribution in [2.45, 2.75) is 51.5 Å². The third-order valence-corrected chi connectivity index (χ3v) is 4.04. The van der Waals surface area contributed by atoms with Crippen LogP contribution in [0.15, 0.2) is 24.3 Å². The smallest absolute Gasteiger partial charge is 0.122 e. The number of benzene rings is 1. The van der Waals surface area contributed by atoms with E-state index in [1.165, 1.54) is 37.7 Å². The summed E-state index contributed by atoms with van der Waals surface area (Å²) in [5, 5.41) is 0. The van der Waals surface area contributed by atoms with Crippen molar-refractivity contribution < 1.29 is 4.74 Å². The van der Waals surface area contributed by atoms with E-state index in [4.69, 9.17) is 10.5 Å². The second kappa shape index (κ2) is 6.79. The van der Waals surface area contributed by atoms with E-state index in [-0.39, 0.29) is 6.04 Å². The summed E-state index contributed by atoms with van der Waals surface area (Å²) in [6.07, 6.45) is 7.62. The number of aryl methyl sites for hydroxylation is 1. The average Bonchev–Trinajstić information content (AvgIpc) is 2.46. The summed E-state index contributed by atoms with van der Waals surface area (Å²) in [4.78, 5) is 0. The molecule has 2 heteroatoms. The summed E-state index contributed by atoms with van der Waals surface area (Å²) >= 11 is 0. The molecule has 2 rings (SSSR count). The van der Waals surface area contributed by atoms with E-state index < -0.39 is 0 Å². The highest BCUT2D eigenvalue weighted by Gasteiger charge is 2.21. The first-order valence-corrected chi connectivity index (χ1v) is 7.27. The second-order valence-electron chi connectivity index (χ2n) is 5.33. The molecule has 18 heavy (non-hydrogen) atoms. The van der Waals surface area contributed by atoms with Gasteiger partial charge in [0, 0.05) is 6.04 Å². The lowest BCUT2D eigenvalue weighted by Gasteiger charge is -2.27. The first-order valence-electron chi connectivity index (χ1n) is 7.27. The predicted molar refractivity (Wildman–Crippen MR) is 75.9 cm³/mol. The molecule has 1 aromatic carbocycles. The SMILES string of the molecule is CCc1ccccc1OCC(N)C1CCCCC1. The molecule has 2 N–H and O–H groups in total. The van der Waals surface area contributed by atoms with Crippen molar-refractivity contribution in [3.05, 3.63) is 29.8 Å². The van der Waals surface area contributed by atoms with Crippen LogP contribution in [0.4, 0.5) is 0 Å². The highest BCUT2D eigenvalue weighted by atomic mass is 16.5. The third kappa shape index (κ3) is 3.49. The van der Waals surface area contributed by atoms with E-state index in [0.29, 0.717) is 12.5 Å². The van der Waals surface area contributed by atoms with Crippen LogP contribution in [-0.4, -0.2) is 12.6 Å². The van der Waals surface area contributed by atoms with Gasteiger partial charge in [0.05, 0.1) is 0 Å². The Balaban J connectivity index is 1.86. The molecular formula is C16H25NO. The van der Waals surface area contributed by atoms with Crippen LogP contribution in [0.1, 0.15) is 44.6 Å². The fourth-order valence-electron chi connectivity index (χ4n) is 2.82. The standard InChI is InChI=1S/C16H25NO/c1-2-13-8-6-7-11-16(13)18-12-15(17)14-9-4-3-5-10-14/h6-8,11,14-15H,2-5,9-10,12,17H2,1H3. The van der Waals surface area contributed by atoms with Gasteiger partial charge in [-0.1, -0.05) is 44.4 Å². The quantitative estimate of drug-likeness (QED) is 0.863. The molecule has 0 saturated heterocycles. The molecule has 1 saturated carbocycles. The fraction of sp³-hybridized carbons (Fsp3) is 0.625. The molecule has 0 bridgehead atoms. The molecule has 0 aliphatic heterocycles. The maximum absolute atomic E-state index is 6.26. The topological polar surface area (TPSA) is 35.2 Å². The zero-order valence-electron chi connectivity index (χ0n) is 11.4. The van der Waals surface area contributed by atoms with Gasteiger partial charge in [-0.05, 0) is 36.8 Å². The third-order valence-electron chi connectivity index (χ3n) is 4.04. The van der Waals surface area contributed by atoms with E-state index in [1.54, 1.807) is 0 Å². The zero-order valence-corrected chi connectivity index (χ0v) is 11.4. The van der Waals surface area contributed by atoms with Crippen molar-refractivity contribution in [3.8, 4) is 5.75 Å². The number of rotatable bonds is 5. The summed E-state index contributed by atoms with van der Waals surface area (Å²) in [7, 11) is 0. The Hall–Kier alpha value is -1.02. The summed E-state index contributed by atoms with van der Waals surface area (Å²) in [6, 6.07) is 8.46. The number of hydrogen-bond acceptors (Lipinski definition) is 2. The molecular weight excluding hydrogens is 222 g/mol. The highest BCUT2D eigenvalue weighted by Crippen LogP contribution is 2.26. The van der Waals surface area contributed by atoms with E-state index in [1.807, 2.05) is 12.1 Å². The molecule has 1 aliphatic carbocycles. The molecule has 0 radical (unpaired) electrons. The largest absolute Gasteiger partial charge is 0.492 e. The fourth-order valence-corrected chi connectivity index (χ4v) is 2.82. The molecule has 1 aliphatic rings. The summed E-state index contributed by atoms with van der Waals surface area (Å²) < 4.78 is 5.92. The normalized spacial score (nSPS) is 18.6. The molecule has 0 spiro atoms. The summed E-state index contributed by atoms with van der Waals surface area (Å²) in [5.74, 6) is 1.67. The Morgan fingerprint density at radius 1 is 1.22 bits per heavy atom. The predicted octanol–water partition coefficient (Wildman–Crippen LogP) is 3.54. The van der Waals surface area contributed by atoms with Gasteiger partial charge < -0.3 is 10.5 Å². The minimum atomic E-state index is 0.190. The lowest BCUT2D eigenvalue weighted by molar-refractivity contribution is 0.213. The number of hydrogen-bond donors (Lipinski definition) is 1. The Labute approximate surface area is 111 Å². The second-order valence-corrected chi connectivity index (χ2v) is 5.33. The van der Waals surface area contributed by atoms with Gasteiger partial charge in [-0.2, -0.15) is 0 Å². The van der Waals surface area contributed by atoms with Crippen LogP contribution in [-0.2, 0) is 6.42 Å². The minimum absolute atomic E-state index is 0.190. The van der Waals surface area contributed by atoms with Crippen molar-refractivity contribution in [2.24, 2.45) is 11.7 Å². The van der Waals surface area contributed by atoms with E-state index in [2.05, 4.69) is 19.1 Å². The Morgan fingerprint density at radius 3 is 2.67 bits per heavy atom. The molecule has 2 nitrogen and oxygen atoms in total. The van der Waals surface area contributed by atoms with E-state index in [0.717, 1.165) is 12.2 Å². The van der Waals surface area contributed by atoms with Gasteiger partial charge in [0.1, 0.15) is 12.4 Å². The van der Waals surface area contributed by atoms with Crippen LogP contribution < -0.4 is 10.5 Å². The van der Waals surface area contributed by atoms with Gasteiger partial charge in [-0.15, -0.1) is 0 Å². The van der Waals surface area contributed by atoms with E-state index in [9.17, 15) is 0 Å². The van der Waals surface area contributed by atoms with Crippen LogP contribution in [0, 0.1) is 5.92 Å². The Morgan fingerprint density at radius 2 is 1.94 bits per heavy atom. The number of para-hydroxylation sites is 1. The highest BCUT2D eigenvalue weighted by molar-refractivity contribution is 5.33. The van der Waals surface area contributed by atoms with Gasteiger partial charge in [0.25, 0.3) is 0 Å². The monoisotopic (exact) mass is 247 g/mol. The molecule has 1 fully saturated rings. The molecule has 1 atom stereocenters. The van der Waals surface area contributed by atoms with Crippen molar-refractivity contribution in [3.63, 3.8) is 0 Å². The first-order chi connectivity index (χ1) is 8.81.